The van der Waals surface area contributed by atoms with Crippen molar-refractivity contribution in [3.05, 3.63) is 46.8 Å². The van der Waals surface area contributed by atoms with E-state index >= 15 is 0 Å². The molecule has 0 saturated heterocycles. The first-order chi connectivity index (χ1) is 12.6. The van der Waals surface area contributed by atoms with Gasteiger partial charge in [-0.25, -0.2) is 0 Å². The van der Waals surface area contributed by atoms with E-state index in [-0.39, 0.29) is 5.91 Å². The molecular weight excluding hydrogens is 350 g/mol. The van der Waals surface area contributed by atoms with Crippen molar-refractivity contribution in [1.29, 1.82) is 0 Å². The van der Waals surface area contributed by atoms with Gasteiger partial charge >= 0.3 is 0 Å². The van der Waals surface area contributed by atoms with Crippen molar-refractivity contribution in [2.45, 2.75) is 39.3 Å². The summed E-state index contributed by atoms with van der Waals surface area (Å²) in [5.74, 6) is 0.595. The van der Waals surface area contributed by atoms with Crippen LogP contribution in [0.25, 0.3) is 0 Å². The van der Waals surface area contributed by atoms with E-state index in [2.05, 4.69) is 21.3 Å². The lowest BCUT2D eigenvalue weighted by molar-refractivity contribution is 0.0932. The van der Waals surface area contributed by atoms with E-state index in [9.17, 15) is 4.79 Å². The molecular formula is C18H23N5O2S. The molecule has 0 atom stereocenters. The van der Waals surface area contributed by atoms with Crippen molar-refractivity contribution in [2.75, 3.05) is 7.11 Å². The van der Waals surface area contributed by atoms with Crippen LogP contribution in [0.5, 0.6) is 5.75 Å². The highest BCUT2D eigenvalue weighted by atomic mass is 32.1. The highest BCUT2D eigenvalue weighted by molar-refractivity contribution is 7.80. The van der Waals surface area contributed by atoms with Crippen molar-refractivity contribution in [3.8, 4) is 5.75 Å². The van der Waals surface area contributed by atoms with Gasteiger partial charge in [0.25, 0.3) is 5.91 Å². The number of aromatic nitrogens is 2. The molecule has 138 valence electrons. The topological polar surface area (TPSA) is 80.2 Å². The zero-order valence-corrected chi connectivity index (χ0v) is 15.8. The van der Waals surface area contributed by atoms with Gasteiger partial charge in [-0.3, -0.25) is 20.3 Å². The average Bonchev–Trinajstić information content (AvgIpc) is 3.25. The molecule has 0 fully saturated rings. The summed E-state index contributed by atoms with van der Waals surface area (Å²) in [6.45, 7) is 3.19. The van der Waals surface area contributed by atoms with Crippen LogP contribution in [0.15, 0.2) is 24.3 Å². The van der Waals surface area contributed by atoms with Gasteiger partial charge in [0.15, 0.2) is 5.11 Å². The predicted octanol–water partition coefficient (Wildman–Crippen LogP) is 1.71. The lowest BCUT2D eigenvalue weighted by Gasteiger charge is -2.13. The Balaban J connectivity index is 1.52. The molecule has 0 radical (unpaired) electrons. The lowest BCUT2D eigenvalue weighted by Crippen LogP contribution is -2.47. The van der Waals surface area contributed by atoms with E-state index in [1.807, 2.05) is 31.2 Å². The number of methoxy groups -OCH3 is 1. The molecule has 1 aliphatic rings. The van der Waals surface area contributed by atoms with E-state index in [4.69, 9.17) is 17.0 Å². The van der Waals surface area contributed by atoms with Crippen LogP contribution < -0.4 is 20.9 Å². The maximum Gasteiger partial charge on any atom is 0.288 e. The molecule has 1 amide bonds. The summed E-state index contributed by atoms with van der Waals surface area (Å²) in [4.78, 5) is 12.6. The number of carbonyl (C=O) groups is 1. The lowest BCUT2D eigenvalue weighted by atomic mass is 10.2. The number of amides is 1. The highest BCUT2D eigenvalue weighted by Gasteiger charge is 2.25. The number of ether oxygens (including phenoxy) is 1. The Kier molecular flexibility index (Phi) is 5.72. The second kappa shape index (κ2) is 8.18. The fraction of sp³-hybridized carbons (Fsp3) is 0.389. The van der Waals surface area contributed by atoms with E-state index in [1.165, 1.54) is 0 Å². The Morgan fingerprint density at radius 1 is 1.27 bits per heavy atom. The van der Waals surface area contributed by atoms with Gasteiger partial charge in [0.2, 0.25) is 0 Å². The number of carbonyl (C=O) groups excluding carboxylic acids is 1. The van der Waals surface area contributed by atoms with Gasteiger partial charge in [-0.2, -0.15) is 5.10 Å². The number of nitrogens with one attached hydrogen (secondary N) is 3. The molecule has 1 aromatic carbocycles. The number of hydrazine groups is 1. The van der Waals surface area contributed by atoms with Gasteiger partial charge in [-0.05, 0) is 56.1 Å². The molecule has 3 rings (SSSR count). The Hall–Kier alpha value is -2.61. The number of fused-ring (bicyclic) bond motifs is 1. The number of rotatable bonds is 5. The summed E-state index contributed by atoms with van der Waals surface area (Å²) in [6.07, 6.45) is 2.90. The maximum atomic E-state index is 12.6. The van der Waals surface area contributed by atoms with E-state index < -0.39 is 0 Å². The van der Waals surface area contributed by atoms with Gasteiger partial charge in [0.05, 0.1) is 12.8 Å². The number of thiocarbonyl (C=S) groups is 1. The molecule has 0 aliphatic heterocycles. The molecule has 7 nitrogen and oxygen atoms in total. The van der Waals surface area contributed by atoms with Crippen molar-refractivity contribution >= 4 is 23.2 Å². The van der Waals surface area contributed by atoms with Crippen LogP contribution in [-0.4, -0.2) is 27.9 Å². The minimum atomic E-state index is -0.212. The summed E-state index contributed by atoms with van der Waals surface area (Å²) in [7, 11) is 1.63. The second-order valence-electron chi connectivity index (χ2n) is 6.05. The van der Waals surface area contributed by atoms with Gasteiger partial charge in [0, 0.05) is 18.7 Å². The molecule has 0 saturated carbocycles. The summed E-state index contributed by atoms with van der Waals surface area (Å²) < 4.78 is 6.89. The molecule has 1 aliphatic carbocycles. The van der Waals surface area contributed by atoms with Crippen LogP contribution in [0.1, 0.15) is 40.7 Å². The fourth-order valence-corrected chi connectivity index (χ4v) is 3.19. The quantitative estimate of drug-likeness (QED) is 0.547. The molecule has 3 N–H and O–H groups in total. The molecule has 1 aromatic heterocycles. The predicted molar refractivity (Wildman–Crippen MR) is 103 cm³/mol. The van der Waals surface area contributed by atoms with Crippen molar-refractivity contribution in [2.24, 2.45) is 0 Å². The molecule has 2 aromatic rings. The molecule has 1 heterocycles. The number of hydrogen-bond acceptors (Lipinski definition) is 4. The first kappa shape index (κ1) is 18.2. The fourth-order valence-electron chi connectivity index (χ4n) is 3.07. The zero-order chi connectivity index (χ0) is 18.5. The standard InChI is InChI=1S/C18H23N5O2S/c1-3-23-16(14-5-4-6-15(14)22-23)17(24)20-21-18(26)19-11-12-7-9-13(25-2)10-8-12/h7-10H,3-6,11H2,1-2H3,(H,20,24)(H2,19,21,26). The highest BCUT2D eigenvalue weighted by Crippen LogP contribution is 2.24. The summed E-state index contributed by atoms with van der Waals surface area (Å²) in [5, 5.41) is 7.93. The Morgan fingerprint density at radius 2 is 2.04 bits per heavy atom. The largest absolute Gasteiger partial charge is 0.497 e. The Labute approximate surface area is 158 Å². The number of nitrogens with zero attached hydrogens (tertiary/aromatic N) is 2. The van der Waals surface area contributed by atoms with Gasteiger partial charge in [0.1, 0.15) is 11.4 Å². The first-order valence-electron chi connectivity index (χ1n) is 8.68. The third kappa shape index (κ3) is 3.96. The molecule has 26 heavy (non-hydrogen) atoms. The minimum absolute atomic E-state index is 0.212. The third-order valence-electron chi connectivity index (χ3n) is 4.39. The second-order valence-corrected chi connectivity index (χ2v) is 6.46. The molecule has 0 unspecified atom stereocenters. The van der Waals surface area contributed by atoms with Gasteiger partial charge in [-0.1, -0.05) is 12.1 Å². The van der Waals surface area contributed by atoms with Gasteiger partial charge < -0.3 is 10.1 Å². The van der Waals surface area contributed by atoms with Crippen LogP contribution >= 0.6 is 12.2 Å². The van der Waals surface area contributed by atoms with Crippen molar-refractivity contribution in [3.63, 3.8) is 0 Å². The maximum absolute atomic E-state index is 12.6. The van der Waals surface area contributed by atoms with E-state index in [0.29, 0.717) is 23.9 Å². The molecule has 0 spiro atoms. The number of hydrogen-bond donors (Lipinski definition) is 3. The summed E-state index contributed by atoms with van der Waals surface area (Å²) in [5.41, 5.74) is 9.22. The molecule has 8 heteroatoms. The average molecular weight is 373 g/mol. The SMILES string of the molecule is CCn1nc2c(c1C(=O)NNC(=S)NCc1ccc(OC)cc1)CCC2. The van der Waals surface area contributed by atoms with Crippen molar-refractivity contribution < 1.29 is 9.53 Å². The van der Waals surface area contributed by atoms with Crippen LogP contribution in [0, 0.1) is 0 Å². The smallest absolute Gasteiger partial charge is 0.288 e. The minimum Gasteiger partial charge on any atom is -0.497 e. The zero-order valence-electron chi connectivity index (χ0n) is 15.0. The van der Waals surface area contributed by atoms with Crippen molar-refractivity contribution in [1.82, 2.24) is 25.9 Å². The molecule has 0 bridgehead atoms. The monoisotopic (exact) mass is 373 g/mol. The first-order valence-corrected chi connectivity index (χ1v) is 9.08. The Morgan fingerprint density at radius 3 is 2.73 bits per heavy atom. The number of aryl methyl sites for hydroxylation is 2. The van der Waals surface area contributed by atoms with E-state index in [1.54, 1.807) is 11.8 Å². The van der Waals surface area contributed by atoms with Crippen LogP contribution in [0.4, 0.5) is 0 Å². The third-order valence-corrected chi connectivity index (χ3v) is 4.64. The van der Waals surface area contributed by atoms with E-state index in [0.717, 1.165) is 41.8 Å². The summed E-state index contributed by atoms with van der Waals surface area (Å²) in [6, 6.07) is 7.69. The van der Waals surface area contributed by atoms with Crippen LogP contribution in [0.2, 0.25) is 0 Å². The van der Waals surface area contributed by atoms with Crippen LogP contribution in [0.3, 0.4) is 0 Å². The number of benzene rings is 1. The Bertz CT molecular complexity index is 801. The normalized spacial score (nSPS) is 12.4. The van der Waals surface area contributed by atoms with Crippen LogP contribution in [-0.2, 0) is 25.9 Å². The summed E-state index contributed by atoms with van der Waals surface area (Å²) >= 11 is 5.23. The van der Waals surface area contributed by atoms with Gasteiger partial charge in [-0.15, -0.1) is 0 Å².